The molecule has 0 amide bonds. The molecule has 26 heavy (non-hydrogen) atoms. The molecule has 0 saturated carbocycles. The van der Waals surface area contributed by atoms with Gasteiger partial charge in [0.05, 0.1) is 6.33 Å². The van der Waals surface area contributed by atoms with Crippen LogP contribution in [-0.4, -0.2) is 48.0 Å². The number of sulfonamides is 1. The van der Waals surface area contributed by atoms with E-state index in [0.717, 1.165) is 13.0 Å². The zero-order valence-corrected chi connectivity index (χ0v) is 16.3. The molecule has 0 bridgehead atoms. The van der Waals surface area contributed by atoms with E-state index in [-0.39, 0.29) is 17.0 Å². The Hall–Kier alpha value is -1.70. The van der Waals surface area contributed by atoms with Gasteiger partial charge in [0.25, 0.3) is 10.0 Å². The van der Waals surface area contributed by atoms with Crippen molar-refractivity contribution in [3.05, 3.63) is 48.4 Å². The molecule has 2 aromatic rings. The molecule has 2 atom stereocenters. The number of aryl methyl sites for hydroxylation is 1. The topological polar surface area (TPSA) is 67.2 Å². The minimum Gasteiger partial charge on any atom is -0.339 e. The van der Waals surface area contributed by atoms with Gasteiger partial charge in [-0.3, -0.25) is 0 Å². The van der Waals surface area contributed by atoms with Gasteiger partial charge in [-0.2, -0.15) is 4.31 Å². The van der Waals surface area contributed by atoms with Crippen LogP contribution in [0.15, 0.2) is 47.9 Å². The van der Waals surface area contributed by atoms with Crippen LogP contribution in [0.1, 0.15) is 37.7 Å². The molecule has 142 valence electrons. The predicted octanol–water partition coefficient (Wildman–Crippen LogP) is 2.36. The van der Waals surface area contributed by atoms with Crippen LogP contribution < -0.4 is 5.32 Å². The Bertz CT molecular complexity index is 804. The highest BCUT2D eigenvalue weighted by Gasteiger charge is 2.40. The first-order chi connectivity index (χ1) is 12.5. The van der Waals surface area contributed by atoms with Gasteiger partial charge < -0.3 is 9.88 Å². The van der Waals surface area contributed by atoms with E-state index in [1.165, 1.54) is 24.7 Å². The van der Waals surface area contributed by atoms with Gasteiger partial charge in [0.15, 0.2) is 5.03 Å². The lowest BCUT2D eigenvalue weighted by molar-refractivity contribution is 0.451. The fourth-order valence-electron chi connectivity index (χ4n) is 3.53. The molecule has 2 unspecified atom stereocenters. The summed E-state index contributed by atoms with van der Waals surface area (Å²) in [6, 6.07) is 10.3. The second-order valence-corrected chi connectivity index (χ2v) is 8.87. The minimum absolute atomic E-state index is 0.118. The SMILES string of the molecule is CCCCCNC1CN(S(=O)(=O)c2cn(C)cn2)CC1c1ccccc1. The molecule has 1 aromatic carbocycles. The van der Waals surface area contributed by atoms with E-state index >= 15 is 0 Å². The van der Waals surface area contributed by atoms with Crippen molar-refractivity contribution in [1.82, 2.24) is 19.2 Å². The minimum atomic E-state index is -3.57. The van der Waals surface area contributed by atoms with Crippen molar-refractivity contribution in [2.45, 2.75) is 43.2 Å². The van der Waals surface area contributed by atoms with Crippen molar-refractivity contribution < 1.29 is 8.42 Å². The quantitative estimate of drug-likeness (QED) is 0.718. The van der Waals surface area contributed by atoms with E-state index in [4.69, 9.17) is 0 Å². The van der Waals surface area contributed by atoms with Crippen LogP contribution in [0, 0.1) is 0 Å². The highest BCUT2D eigenvalue weighted by molar-refractivity contribution is 7.89. The number of hydrogen-bond donors (Lipinski definition) is 1. The maximum absolute atomic E-state index is 13.0. The summed E-state index contributed by atoms with van der Waals surface area (Å²) in [6.45, 7) is 4.06. The second kappa shape index (κ2) is 8.33. The fraction of sp³-hybridized carbons (Fsp3) is 0.526. The van der Waals surface area contributed by atoms with E-state index < -0.39 is 10.0 Å². The maximum atomic E-state index is 13.0. The summed E-state index contributed by atoms with van der Waals surface area (Å²) in [7, 11) is -1.79. The molecule has 1 aromatic heterocycles. The number of nitrogens with one attached hydrogen (secondary N) is 1. The Morgan fingerprint density at radius 2 is 1.96 bits per heavy atom. The molecule has 0 aliphatic carbocycles. The molecule has 0 spiro atoms. The molecule has 1 aliphatic heterocycles. The summed E-state index contributed by atoms with van der Waals surface area (Å²) in [4.78, 5) is 4.05. The average Bonchev–Trinajstić information content (AvgIpc) is 3.27. The summed E-state index contributed by atoms with van der Waals surface area (Å²) in [6.07, 6.45) is 6.56. The third kappa shape index (κ3) is 4.16. The van der Waals surface area contributed by atoms with Gasteiger partial charge in [0, 0.05) is 38.3 Å². The summed E-state index contributed by atoms with van der Waals surface area (Å²) >= 11 is 0. The lowest BCUT2D eigenvalue weighted by Gasteiger charge is -2.20. The van der Waals surface area contributed by atoms with Crippen LogP contribution in [0.5, 0.6) is 0 Å². The van der Waals surface area contributed by atoms with Crippen LogP contribution in [0.3, 0.4) is 0 Å². The molecule has 6 nitrogen and oxygen atoms in total. The van der Waals surface area contributed by atoms with Gasteiger partial charge in [-0.25, -0.2) is 13.4 Å². The van der Waals surface area contributed by atoms with Crippen molar-refractivity contribution in [2.24, 2.45) is 7.05 Å². The first-order valence-corrected chi connectivity index (χ1v) is 10.7. The summed E-state index contributed by atoms with van der Waals surface area (Å²) in [5.74, 6) is 0.149. The number of hydrogen-bond acceptors (Lipinski definition) is 4. The zero-order chi connectivity index (χ0) is 18.6. The van der Waals surface area contributed by atoms with Gasteiger partial charge in [0.1, 0.15) is 0 Å². The van der Waals surface area contributed by atoms with E-state index in [2.05, 4.69) is 29.4 Å². The van der Waals surface area contributed by atoms with Gasteiger partial charge in [-0.05, 0) is 18.5 Å². The smallest absolute Gasteiger partial charge is 0.262 e. The monoisotopic (exact) mass is 376 g/mol. The van der Waals surface area contributed by atoms with E-state index in [1.54, 1.807) is 22.1 Å². The van der Waals surface area contributed by atoms with Crippen molar-refractivity contribution >= 4 is 10.0 Å². The fourth-order valence-corrected chi connectivity index (χ4v) is 4.98. The summed E-state index contributed by atoms with van der Waals surface area (Å²) < 4.78 is 29.2. The Balaban J connectivity index is 1.79. The summed E-state index contributed by atoms with van der Waals surface area (Å²) in [5, 5.41) is 3.72. The molecule has 1 N–H and O–H groups in total. The molecule has 7 heteroatoms. The molecule has 1 fully saturated rings. The third-order valence-corrected chi connectivity index (χ3v) is 6.70. The summed E-state index contributed by atoms with van der Waals surface area (Å²) in [5.41, 5.74) is 1.18. The molecular weight excluding hydrogens is 348 g/mol. The standard InChI is InChI=1S/C19H28N4O2S/c1-3-4-8-11-20-18-13-23(12-17(18)16-9-6-5-7-10-16)26(24,25)19-14-22(2)15-21-19/h5-7,9-10,14-15,17-18,20H,3-4,8,11-13H2,1-2H3. The lowest BCUT2D eigenvalue weighted by Crippen LogP contribution is -2.37. The van der Waals surface area contributed by atoms with Crippen molar-refractivity contribution in [3.63, 3.8) is 0 Å². The van der Waals surface area contributed by atoms with Gasteiger partial charge in [-0.15, -0.1) is 0 Å². The number of unbranched alkanes of at least 4 members (excludes halogenated alkanes) is 2. The third-order valence-electron chi connectivity index (χ3n) is 4.99. The lowest BCUT2D eigenvalue weighted by atomic mass is 9.94. The Morgan fingerprint density at radius 1 is 1.19 bits per heavy atom. The highest BCUT2D eigenvalue weighted by atomic mass is 32.2. The van der Waals surface area contributed by atoms with Crippen molar-refractivity contribution in [1.29, 1.82) is 0 Å². The van der Waals surface area contributed by atoms with Gasteiger partial charge in [0.2, 0.25) is 0 Å². The number of benzene rings is 1. The largest absolute Gasteiger partial charge is 0.339 e. The van der Waals surface area contributed by atoms with Crippen LogP contribution in [-0.2, 0) is 17.1 Å². The molecule has 2 heterocycles. The molecule has 1 saturated heterocycles. The van der Waals surface area contributed by atoms with Crippen LogP contribution in [0.4, 0.5) is 0 Å². The van der Waals surface area contributed by atoms with E-state index in [0.29, 0.717) is 13.1 Å². The number of aromatic nitrogens is 2. The van der Waals surface area contributed by atoms with E-state index in [9.17, 15) is 8.42 Å². The number of rotatable bonds is 8. The van der Waals surface area contributed by atoms with Crippen molar-refractivity contribution in [3.8, 4) is 0 Å². The zero-order valence-electron chi connectivity index (χ0n) is 15.5. The molecule has 1 aliphatic rings. The van der Waals surface area contributed by atoms with Crippen LogP contribution in [0.2, 0.25) is 0 Å². The van der Waals surface area contributed by atoms with E-state index in [1.807, 2.05) is 18.2 Å². The second-order valence-electron chi connectivity index (χ2n) is 6.98. The number of imidazole rings is 1. The maximum Gasteiger partial charge on any atom is 0.262 e. The van der Waals surface area contributed by atoms with Crippen molar-refractivity contribution in [2.75, 3.05) is 19.6 Å². The highest BCUT2D eigenvalue weighted by Crippen LogP contribution is 2.31. The van der Waals surface area contributed by atoms with Gasteiger partial charge >= 0.3 is 0 Å². The molecular formula is C19H28N4O2S. The predicted molar refractivity (Wildman–Crippen MR) is 102 cm³/mol. The Kier molecular flexibility index (Phi) is 6.11. The first kappa shape index (κ1) is 19.1. The van der Waals surface area contributed by atoms with Gasteiger partial charge in [-0.1, -0.05) is 50.1 Å². The Labute approximate surface area is 156 Å². The number of nitrogens with zero attached hydrogens (tertiary/aromatic N) is 3. The van der Waals surface area contributed by atoms with Crippen LogP contribution >= 0.6 is 0 Å². The van der Waals surface area contributed by atoms with Crippen LogP contribution in [0.25, 0.3) is 0 Å². The Morgan fingerprint density at radius 3 is 2.62 bits per heavy atom. The normalized spacial score (nSPS) is 21.3. The molecule has 0 radical (unpaired) electrons. The molecule has 3 rings (SSSR count). The first-order valence-electron chi connectivity index (χ1n) is 9.29. The average molecular weight is 377 g/mol.